The number of hydroxylamine groups is 1. The minimum absolute atomic E-state index is 0.0352. The van der Waals surface area contributed by atoms with Crippen molar-refractivity contribution < 1.29 is 19.2 Å². The average Bonchev–Trinajstić information content (AvgIpc) is 2.01. The molecule has 0 radical (unpaired) electrons. The van der Waals surface area contributed by atoms with E-state index in [0.29, 0.717) is 0 Å². The number of esters is 1. The van der Waals surface area contributed by atoms with Gasteiger partial charge in [-0.15, -0.1) is 0 Å². The van der Waals surface area contributed by atoms with Gasteiger partial charge in [-0.2, -0.15) is 5.48 Å². The number of ether oxygens (including phenoxy) is 1. The lowest BCUT2D eigenvalue weighted by atomic mass is 10.3. The Bertz CT molecular complexity index is 146. The van der Waals surface area contributed by atoms with Crippen LogP contribution < -0.4 is 5.48 Å². The predicted octanol–water partition coefficient (Wildman–Crippen LogP) is -0.383. The minimum Gasteiger partial charge on any atom is -0.469 e. The molecule has 5 nitrogen and oxygen atoms in total. The average molecular weight is 161 g/mol. The summed E-state index contributed by atoms with van der Waals surface area (Å²) in [5.74, 6) is -0.893. The van der Waals surface area contributed by atoms with Crippen molar-refractivity contribution in [2.75, 3.05) is 14.2 Å². The summed E-state index contributed by atoms with van der Waals surface area (Å²) in [6.07, 6.45) is 0.0878. The molecule has 0 saturated heterocycles. The second-order valence-electron chi connectivity index (χ2n) is 1.75. The summed E-state index contributed by atoms with van der Waals surface area (Å²) in [6.45, 7) is 0. The van der Waals surface area contributed by atoms with Crippen molar-refractivity contribution in [3.8, 4) is 0 Å². The Morgan fingerprint density at radius 3 is 2.27 bits per heavy atom. The molecule has 0 rings (SSSR count). The molecule has 0 spiro atoms. The van der Waals surface area contributed by atoms with E-state index < -0.39 is 11.9 Å². The Hall–Kier alpha value is -1.10. The first-order valence-electron chi connectivity index (χ1n) is 3.14. The largest absolute Gasteiger partial charge is 0.469 e. The van der Waals surface area contributed by atoms with E-state index >= 15 is 0 Å². The number of hydrogen-bond donors (Lipinski definition) is 1. The van der Waals surface area contributed by atoms with Crippen LogP contribution in [0, 0.1) is 0 Å². The number of methoxy groups -OCH3 is 1. The highest BCUT2D eigenvalue weighted by atomic mass is 16.7. The molecular weight excluding hydrogens is 150 g/mol. The summed E-state index contributed by atoms with van der Waals surface area (Å²) in [5, 5.41) is 0. The van der Waals surface area contributed by atoms with Gasteiger partial charge in [0, 0.05) is 7.05 Å². The first-order chi connectivity index (χ1) is 5.20. The molecule has 11 heavy (non-hydrogen) atoms. The number of hydrogen-bond acceptors (Lipinski definition) is 5. The summed E-state index contributed by atoms with van der Waals surface area (Å²) in [5.41, 5.74) is 2.21. The maximum atomic E-state index is 10.6. The van der Waals surface area contributed by atoms with E-state index in [2.05, 4.69) is 15.1 Å². The molecule has 1 N–H and O–H groups in total. The molecule has 0 heterocycles. The van der Waals surface area contributed by atoms with E-state index in [1.807, 2.05) is 0 Å². The van der Waals surface area contributed by atoms with Gasteiger partial charge in [0.25, 0.3) is 0 Å². The van der Waals surface area contributed by atoms with Gasteiger partial charge in [-0.05, 0) is 0 Å². The van der Waals surface area contributed by atoms with E-state index in [9.17, 15) is 9.59 Å². The fourth-order valence-electron chi connectivity index (χ4n) is 0.471. The van der Waals surface area contributed by atoms with Crippen LogP contribution in [0.25, 0.3) is 0 Å². The van der Waals surface area contributed by atoms with E-state index in [4.69, 9.17) is 0 Å². The zero-order valence-corrected chi connectivity index (χ0v) is 6.55. The Balaban J connectivity index is 3.38. The third kappa shape index (κ3) is 5.35. The Labute approximate surface area is 64.6 Å². The van der Waals surface area contributed by atoms with Gasteiger partial charge in [0.1, 0.15) is 0 Å². The van der Waals surface area contributed by atoms with Crippen LogP contribution in [-0.4, -0.2) is 26.1 Å². The first-order valence-corrected chi connectivity index (χ1v) is 3.14. The zero-order chi connectivity index (χ0) is 8.69. The maximum Gasteiger partial charge on any atom is 0.325 e. The van der Waals surface area contributed by atoms with Crippen LogP contribution in [0.5, 0.6) is 0 Å². The molecule has 0 unspecified atom stereocenters. The number of nitrogens with one attached hydrogen (secondary N) is 1. The minimum atomic E-state index is -0.474. The monoisotopic (exact) mass is 161 g/mol. The van der Waals surface area contributed by atoms with Crippen LogP contribution in [0.1, 0.15) is 12.8 Å². The van der Waals surface area contributed by atoms with Gasteiger partial charge in [0.05, 0.1) is 20.0 Å². The molecule has 0 atom stereocenters. The van der Waals surface area contributed by atoms with Crippen molar-refractivity contribution in [3.05, 3.63) is 0 Å². The smallest absolute Gasteiger partial charge is 0.325 e. The highest BCUT2D eigenvalue weighted by Gasteiger charge is 2.06. The highest BCUT2D eigenvalue weighted by molar-refractivity contribution is 5.77. The Morgan fingerprint density at radius 1 is 1.27 bits per heavy atom. The van der Waals surface area contributed by atoms with Gasteiger partial charge in [0.2, 0.25) is 0 Å². The first kappa shape index (κ1) is 9.90. The van der Waals surface area contributed by atoms with Gasteiger partial charge in [-0.25, -0.2) is 0 Å². The molecule has 0 fully saturated rings. The van der Waals surface area contributed by atoms with Gasteiger partial charge in [0.15, 0.2) is 0 Å². The van der Waals surface area contributed by atoms with Crippen LogP contribution in [0.15, 0.2) is 0 Å². The van der Waals surface area contributed by atoms with Crippen molar-refractivity contribution in [2.45, 2.75) is 12.8 Å². The standard InChI is InChI=1S/C6H11NO4/c1-7-11-6(9)4-3-5(8)10-2/h7H,3-4H2,1-2H3. The SMILES string of the molecule is CNOC(=O)CCC(=O)OC. The van der Waals surface area contributed by atoms with Gasteiger partial charge in [-0.1, -0.05) is 0 Å². The van der Waals surface area contributed by atoms with E-state index in [1.54, 1.807) is 0 Å². The van der Waals surface area contributed by atoms with E-state index in [1.165, 1.54) is 14.2 Å². The molecule has 0 saturated carbocycles. The van der Waals surface area contributed by atoms with Crippen molar-refractivity contribution in [1.29, 1.82) is 0 Å². The summed E-state index contributed by atoms with van der Waals surface area (Å²) < 4.78 is 4.31. The Morgan fingerprint density at radius 2 is 1.82 bits per heavy atom. The van der Waals surface area contributed by atoms with E-state index in [0.717, 1.165) is 0 Å². The third-order valence-electron chi connectivity index (χ3n) is 0.977. The van der Waals surface area contributed by atoms with Crippen molar-refractivity contribution in [2.24, 2.45) is 0 Å². The topological polar surface area (TPSA) is 64.6 Å². The second kappa shape index (κ2) is 5.67. The molecule has 0 aliphatic rings. The maximum absolute atomic E-state index is 10.6. The summed E-state index contributed by atoms with van der Waals surface area (Å²) >= 11 is 0. The molecule has 0 aliphatic carbocycles. The fraction of sp³-hybridized carbons (Fsp3) is 0.667. The van der Waals surface area contributed by atoms with E-state index in [-0.39, 0.29) is 12.8 Å². The van der Waals surface area contributed by atoms with Crippen LogP contribution in [0.2, 0.25) is 0 Å². The lowest BCUT2D eigenvalue weighted by molar-refractivity contribution is -0.153. The van der Waals surface area contributed by atoms with Crippen LogP contribution in [0.4, 0.5) is 0 Å². The molecule has 0 aromatic heterocycles. The molecule has 0 amide bonds. The van der Waals surface area contributed by atoms with Gasteiger partial charge < -0.3 is 9.57 Å². The molecule has 64 valence electrons. The lowest BCUT2D eigenvalue weighted by Crippen LogP contribution is -2.16. The molecule has 0 aliphatic heterocycles. The summed E-state index contributed by atoms with van der Waals surface area (Å²) in [4.78, 5) is 25.4. The summed E-state index contributed by atoms with van der Waals surface area (Å²) in [6, 6.07) is 0. The third-order valence-corrected chi connectivity index (χ3v) is 0.977. The van der Waals surface area contributed by atoms with Crippen molar-refractivity contribution in [1.82, 2.24) is 5.48 Å². The van der Waals surface area contributed by atoms with Gasteiger partial charge >= 0.3 is 11.9 Å². The zero-order valence-electron chi connectivity index (χ0n) is 6.55. The molecule has 0 aromatic rings. The quantitative estimate of drug-likeness (QED) is 0.449. The molecule has 5 heteroatoms. The van der Waals surface area contributed by atoms with Crippen LogP contribution in [-0.2, 0) is 19.2 Å². The predicted molar refractivity (Wildman–Crippen MR) is 36.4 cm³/mol. The number of carbonyl (C=O) groups is 2. The normalized spacial score (nSPS) is 8.91. The lowest BCUT2D eigenvalue weighted by Gasteiger charge is -1.99. The van der Waals surface area contributed by atoms with Crippen molar-refractivity contribution in [3.63, 3.8) is 0 Å². The van der Waals surface area contributed by atoms with Crippen LogP contribution in [0.3, 0.4) is 0 Å². The van der Waals surface area contributed by atoms with Gasteiger partial charge in [-0.3, -0.25) is 9.59 Å². The molecule has 0 aromatic carbocycles. The molecule has 0 bridgehead atoms. The number of carbonyl (C=O) groups excluding carboxylic acids is 2. The van der Waals surface area contributed by atoms with Crippen LogP contribution >= 0.6 is 0 Å². The highest BCUT2D eigenvalue weighted by Crippen LogP contribution is 1.92. The number of rotatable bonds is 4. The molecular formula is C6H11NO4. The summed E-state index contributed by atoms with van der Waals surface area (Å²) in [7, 11) is 2.74. The van der Waals surface area contributed by atoms with Crippen molar-refractivity contribution >= 4 is 11.9 Å². The second-order valence-corrected chi connectivity index (χ2v) is 1.75. The fourth-order valence-corrected chi connectivity index (χ4v) is 0.471. The Kier molecular flexibility index (Phi) is 5.10.